The first-order chi connectivity index (χ1) is 9.99. The Kier molecular flexibility index (Phi) is 4.18. The number of benzene rings is 2. The second-order valence-corrected chi connectivity index (χ2v) is 4.57. The van der Waals surface area contributed by atoms with Gasteiger partial charge in [0.15, 0.2) is 5.75 Å². The molecule has 108 valence electrons. The van der Waals surface area contributed by atoms with Crippen molar-refractivity contribution in [3.05, 3.63) is 69.3 Å². The Hall–Kier alpha value is -2.89. The largest absolute Gasteiger partial charge is 0.502 e. The van der Waals surface area contributed by atoms with Crippen LogP contribution in [0.5, 0.6) is 5.75 Å². The summed E-state index contributed by atoms with van der Waals surface area (Å²) in [5, 5.41) is 22.8. The standard InChI is InChI=1S/C15H14N2O4/c1-10-4-2-3-5-12(10)9-16-15(19)11-6-7-13(17(20)21)14(18)8-11/h2-8,18H,9H2,1H3,(H,16,19). The summed E-state index contributed by atoms with van der Waals surface area (Å²) >= 11 is 0. The van der Waals surface area contributed by atoms with Crippen molar-refractivity contribution in [1.82, 2.24) is 5.32 Å². The minimum atomic E-state index is -0.704. The van der Waals surface area contributed by atoms with Crippen LogP contribution in [0.25, 0.3) is 0 Å². The molecule has 0 aromatic heterocycles. The van der Waals surface area contributed by atoms with E-state index in [1.807, 2.05) is 31.2 Å². The predicted molar refractivity (Wildman–Crippen MR) is 77.1 cm³/mol. The van der Waals surface area contributed by atoms with Gasteiger partial charge in [0.25, 0.3) is 5.91 Å². The quantitative estimate of drug-likeness (QED) is 0.667. The molecule has 2 aromatic rings. The summed E-state index contributed by atoms with van der Waals surface area (Å²) in [6.07, 6.45) is 0. The van der Waals surface area contributed by atoms with Crippen LogP contribution in [0.3, 0.4) is 0 Å². The van der Waals surface area contributed by atoms with Gasteiger partial charge in [0, 0.05) is 18.2 Å². The second-order valence-electron chi connectivity index (χ2n) is 4.57. The van der Waals surface area contributed by atoms with Crippen molar-refractivity contribution >= 4 is 11.6 Å². The van der Waals surface area contributed by atoms with Crippen LogP contribution in [0, 0.1) is 17.0 Å². The van der Waals surface area contributed by atoms with Crippen molar-refractivity contribution in [2.75, 3.05) is 0 Å². The molecular formula is C15H14N2O4. The van der Waals surface area contributed by atoms with Crippen molar-refractivity contribution in [2.24, 2.45) is 0 Å². The Morgan fingerprint density at radius 3 is 2.62 bits per heavy atom. The zero-order valence-electron chi connectivity index (χ0n) is 11.4. The molecule has 0 fully saturated rings. The fourth-order valence-corrected chi connectivity index (χ4v) is 1.91. The molecule has 21 heavy (non-hydrogen) atoms. The van der Waals surface area contributed by atoms with Crippen LogP contribution in [0.2, 0.25) is 0 Å². The van der Waals surface area contributed by atoms with E-state index in [0.29, 0.717) is 6.54 Å². The topological polar surface area (TPSA) is 92.5 Å². The fourth-order valence-electron chi connectivity index (χ4n) is 1.91. The number of nitrogens with zero attached hydrogens (tertiary/aromatic N) is 1. The molecule has 2 N–H and O–H groups in total. The molecule has 0 radical (unpaired) electrons. The highest BCUT2D eigenvalue weighted by Gasteiger charge is 2.15. The maximum Gasteiger partial charge on any atom is 0.310 e. The number of phenolic OH excluding ortho intramolecular Hbond substituents is 1. The smallest absolute Gasteiger partial charge is 0.310 e. The molecule has 0 heterocycles. The monoisotopic (exact) mass is 286 g/mol. The number of carbonyl (C=O) groups excluding carboxylic acids is 1. The summed E-state index contributed by atoms with van der Waals surface area (Å²) in [6, 6.07) is 11.2. The van der Waals surface area contributed by atoms with E-state index in [1.165, 1.54) is 6.07 Å². The molecule has 0 saturated heterocycles. The van der Waals surface area contributed by atoms with Gasteiger partial charge in [-0.25, -0.2) is 0 Å². The minimum absolute atomic E-state index is 0.173. The molecule has 0 atom stereocenters. The number of nitro groups is 1. The molecule has 0 spiro atoms. The molecule has 6 nitrogen and oxygen atoms in total. The van der Waals surface area contributed by atoms with E-state index >= 15 is 0 Å². The van der Waals surface area contributed by atoms with E-state index in [2.05, 4.69) is 5.32 Å². The maximum absolute atomic E-state index is 12.0. The Labute approximate surface area is 121 Å². The molecule has 1 amide bonds. The van der Waals surface area contributed by atoms with Gasteiger partial charge >= 0.3 is 5.69 Å². The number of aromatic hydroxyl groups is 1. The minimum Gasteiger partial charge on any atom is -0.502 e. The summed E-state index contributed by atoms with van der Waals surface area (Å²) in [5.74, 6) is -0.924. The van der Waals surface area contributed by atoms with Crippen LogP contribution in [0.1, 0.15) is 21.5 Å². The van der Waals surface area contributed by atoms with Crippen molar-refractivity contribution in [3.8, 4) is 5.75 Å². The third kappa shape index (κ3) is 3.36. The van der Waals surface area contributed by atoms with Gasteiger partial charge in [-0.2, -0.15) is 0 Å². The fraction of sp³-hybridized carbons (Fsp3) is 0.133. The Morgan fingerprint density at radius 1 is 1.29 bits per heavy atom. The molecule has 0 aliphatic rings. The third-order valence-electron chi connectivity index (χ3n) is 3.13. The van der Waals surface area contributed by atoms with Crippen LogP contribution in [-0.2, 0) is 6.54 Å². The number of amides is 1. The number of aryl methyl sites for hydroxylation is 1. The highest BCUT2D eigenvalue weighted by molar-refractivity contribution is 5.95. The van der Waals surface area contributed by atoms with E-state index in [9.17, 15) is 20.0 Å². The highest BCUT2D eigenvalue weighted by Crippen LogP contribution is 2.26. The Bertz CT molecular complexity index is 698. The highest BCUT2D eigenvalue weighted by atomic mass is 16.6. The lowest BCUT2D eigenvalue weighted by Gasteiger charge is -2.08. The normalized spacial score (nSPS) is 10.1. The number of hydrogen-bond acceptors (Lipinski definition) is 4. The van der Waals surface area contributed by atoms with Crippen molar-refractivity contribution in [1.29, 1.82) is 0 Å². The Morgan fingerprint density at radius 2 is 2.00 bits per heavy atom. The molecule has 2 rings (SSSR count). The van der Waals surface area contributed by atoms with E-state index in [-0.39, 0.29) is 5.56 Å². The van der Waals surface area contributed by atoms with Crippen LogP contribution in [0.4, 0.5) is 5.69 Å². The van der Waals surface area contributed by atoms with Crippen LogP contribution >= 0.6 is 0 Å². The average Bonchev–Trinajstić information content (AvgIpc) is 2.45. The lowest BCUT2D eigenvalue weighted by molar-refractivity contribution is -0.385. The number of nitrogens with one attached hydrogen (secondary N) is 1. The number of nitro benzene ring substituents is 1. The van der Waals surface area contributed by atoms with E-state index in [1.54, 1.807) is 0 Å². The second kappa shape index (κ2) is 6.04. The predicted octanol–water partition coefficient (Wildman–Crippen LogP) is 2.54. The van der Waals surface area contributed by atoms with Crippen LogP contribution < -0.4 is 5.32 Å². The van der Waals surface area contributed by atoms with Crippen LogP contribution in [-0.4, -0.2) is 15.9 Å². The van der Waals surface area contributed by atoms with E-state index < -0.39 is 22.3 Å². The van der Waals surface area contributed by atoms with Gasteiger partial charge in [-0.1, -0.05) is 24.3 Å². The van der Waals surface area contributed by atoms with Gasteiger partial charge in [0.05, 0.1) is 4.92 Å². The number of hydrogen-bond donors (Lipinski definition) is 2. The molecule has 0 saturated carbocycles. The lowest BCUT2D eigenvalue weighted by atomic mass is 10.1. The summed E-state index contributed by atoms with van der Waals surface area (Å²) < 4.78 is 0. The van der Waals surface area contributed by atoms with Gasteiger partial charge in [0.2, 0.25) is 0 Å². The average molecular weight is 286 g/mol. The van der Waals surface area contributed by atoms with Crippen molar-refractivity contribution in [3.63, 3.8) is 0 Å². The van der Waals surface area contributed by atoms with Crippen molar-refractivity contribution < 1.29 is 14.8 Å². The molecular weight excluding hydrogens is 272 g/mol. The molecule has 0 bridgehead atoms. The molecule has 0 aliphatic heterocycles. The molecule has 0 unspecified atom stereocenters. The van der Waals surface area contributed by atoms with E-state index in [4.69, 9.17) is 0 Å². The summed E-state index contributed by atoms with van der Waals surface area (Å²) in [5.41, 5.74) is 1.79. The number of carbonyl (C=O) groups is 1. The van der Waals surface area contributed by atoms with Crippen LogP contribution in [0.15, 0.2) is 42.5 Å². The molecule has 2 aromatic carbocycles. The zero-order chi connectivity index (χ0) is 15.4. The SMILES string of the molecule is Cc1ccccc1CNC(=O)c1ccc([N+](=O)[O-])c(O)c1. The Balaban J connectivity index is 2.09. The van der Waals surface area contributed by atoms with Gasteiger partial charge in [-0.05, 0) is 30.2 Å². The zero-order valence-corrected chi connectivity index (χ0v) is 11.4. The number of phenols is 1. The summed E-state index contributed by atoms with van der Waals surface area (Å²) in [7, 11) is 0. The first-order valence-corrected chi connectivity index (χ1v) is 6.29. The number of rotatable bonds is 4. The molecule has 6 heteroatoms. The first-order valence-electron chi connectivity index (χ1n) is 6.29. The van der Waals surface area contributed by atoms with Gasteiger partial charge in [0.1, 0.15) is 0 Å². The van der Waals surface area contributed by atoms with Gasteiger partial charge in [-0.3, -0.25) is 14.9 Å². The first kappa shape index (κ1) is 14.5. The lowest BCUT2D eigenvalue weighted by Crippen LogP contribution is -2.23. The molecule has 0 aliphatic carbocycles. The van der Waals surface area contributed by atoms with Gasteiger partial charge in [-0.15, -0.1) is 0 Å². The maximum atomic E-state index is 12.0. The van der Waals surface area contributed by atoms with E-state index in [0.717, 1.165) is 23.3 Å². The van der Waals surface area contributed by atoms with Crippen molar-refractivity contribution in [2.45, 2.75) is 13.5 Å². The summed E-state index contributed by atoms with van der Waals surface area (Å²) in [4.78, 5) is 21.9. The summed E-state index contributed by atoms with van der Waals surface area (Å²) in [6.45, 7) is 2.29. The third-order valence-corrected chi connectivity index (χ3v) is 3.13. The van der Waals surface area contributed by atoms with Gasteiger partial charge < -0.3 is 10.4 Å².